The van der Waals surface area contributed by atoms with Gasteiger partial charge in [-0.1, -0.05) is 11.6 Å². The Morgan fingerprint density at radius 2 is 2.09 bits per heavy atom. The average molecular weight is 334 g/mol. The van der Waals surface area contributed by atoms with E-state index in [1.54, 1.807) is 0 Å². The van der Waals surface area contributed by atoms with Crippen LogP contribution < -0.4 is 5.32 Å². The van der Waals surface area contributed by atoms with E-state index in [0.29, 0.717) is 5.92 Å². The lowest BCUT2D eigenvalue weighted by molar-refractivity contribution is 0.0547. The summed E-state index contributed by atoms with van der Waals surface area (Å²) in [4.78, 5) is 0. The van der Waals surface area contributed by atoms with Crippen LogP contribution in [0.3, 0.4) is 0 Å². The Morgan fingerprint density at radius 1 is 1.30 bits per heavy atom. The van der Waals surface area contributed by atoms with E-state index in [2.05, 4.69) is 24.3 Å². The molecule has 1 aromatic carbocycles. The van der Waals surface area contributed by atoms with Crippen LogP contribution >= 0.6 is 11.6 Å². The van der Waals surface area contributed by atoms with E-state index < -0.39 is 0 Å². The maximum atomic E-state index is 5.97. The van der Waals surface area contributed by atoms with E-state index in [4.69, 9.17) is 16.3 Å². The zero-order valence-corrected chi connectivity index (χ0v) is 14.6. The zero-order chi connectivity index (χ0) is 16.2. The summed E-state index contributed by atoms with van der Waals surface area (Å²) in [5, 5.41) is 9.00. The lowest BCUT2D eigenvalue weighted by Crippen LogP contribution is -2.29. The first-order chi connectivity index (χ1) is 11.1. The molecule has 0 saturated carbocycles. The van der Waals surface area contributed by atoms with Gasteiger partial charge in [-0.15, -0.1) is 0 Å². The summed E-state index contributed by atoms with van der Waals surface area (Å²) in [6.07, 6.45) is 2.44. The van der Waals surface area contributed by atoms with E-state index in [0.717, 1.165) is 42.7 Å². The fraction of sp³-hybridized carbons (Fsp3) is 0.500. The van der Waals surface area contributed by atoms with Gasteiger partial charge in [0.05, 0.1) is 18.0 Å². The first-order valence-corrected chi connectivity index (χ1v) is 8.62. The second kappa shape index (κ2) is 7.47. The van der Waals surface area contributed by atoms with Crippen LogP contribution in [0.25, 0.3) is 5.69 Å². The molecule has 1 unspecified atom stereocenters. The highest BCUT2D eigenvalue weighted by Gasteiger charge is 2.15. The van der Waals surface area contributed by atoms with Gasteiger partial charge in [-0.05, 0) is 56.9 Å². The van der Waals surface area contributed by atoms with Crippen molar-refractivity contribution in [2.24, 2.45) is 5.92 Å². The number of halogens is 1. The number of nitrogens with one attached hydrogen (secondary N) is 1. The van der Waals surface area contributed by atoms with E-state index in [9.17, 15) is 0 Å². The SMILES string of the molecule is Cc1nn(-c2ccc(Cl)cc2)c(C)c1CNCC1CCCOC1. The normalized spacial score (nSPS) is 18.3. The van der Waals surface area contributed by atoms with Gasteiger partial charge in [0.25, 0.3) is 0 Å². The smallest absolute Gasteiger partial charge is 0.0649 e. The van der Waals surface area contributed by atoms with Gasteiger partial charge in [-0.25, -0.2) is 4.68 Å². The largest absolute Gasteiger partial charge is 0.381 e. The molecule has 0 aliphatic carbocycles. The Balaban J connectivity index is 1.66. The van der Waals surface area contributed by atoms with Crippen molar-refractivity contribution in [2.75, 3.05) is 19.8 Å². The standard InChI is InChI=1S/C18H24ClN3O/c1-13-18(11-20-10-15-4-3-9-23-12-15)14(2)22(21-13)17-7-5-16(19)6-8-17/h5-8,15,20H,3-4,9-12H2,1-2H3. The molecule has 1 atom stereocenters. The third-order valence-corrected chi connectivity index (χ3v) is 4.75. The summed E-state index contributed by atoms with van der Waals surface area (Å²) in [6.45, 7) is 7.85. The second-order valence-corrected chi connectivity index (χ2v) is 6.69. The Hall–Kier alpha value is -1.36. The molecule has 0 spiro atoms. The van der Waals surface area contributed by atoms with Gasteiger partial charge in [-0.2, -0.15) is 5.10 Å². The Morgan fingerprint density at radius 3 is 2.78 bits per heavy atom. The van der Waals surface area contributed by atoms with Crippen LogP contribution in [0.5, 0.6) is 0 Å². The van der Waals surface area contributed by atoms with Crippen molar-refractivity contribution in [2.45, 2.75) is 33.2 Å². The number of rotatable bonds is 5. The minimum atomic E-state index is 0.635. The van der Waals surface area contributed by atoms with Gasteiger partial charge in [0.15, 0.2) is 0 Å². The minimum absolute atomic E-state index is 0.635. The van der Waals surface area contributed by atoms with Crippen molar-refractivity contribution < 1.29 is 4.74 Å². The molecule has 5 heteroatoms. The van der Waals surface area contributed by atoms with Crippen LogP contribution in [-0.2, 0) is 11.3 Å². The maximum Gasteiger partial charge on any atom is 0.0649 e. The molecule has 1 aromatic heterocycles. The highest BCUT2D eigenvalue weighted by atomic mass is 35.5. The number of benzene rings is 1. The molecule has 1 aliphatic rings. The van der Waals surface area contributed by atoms with Crippen molar-refractivity contribution in [3.8, 4) is 5.69 Å². The molecule has 2 heterocycles. The maximum absolute atomic E-state index is 5.97. The number of aryl methyl sites for hydroxylation is 1. The Kier molecular flexibility index (Phi) is 5.36. The number of nitrogens with zero attached hydrogens (tertiary/aromatic N) is 2. The first-order valence-electron chi connectivity index (χ1n) is 8.24. The topological polar surface area (TPSA) is 39.1 Å². The molecule has 0 amide bonds. The molecule has 1 fully saturated rings. The molecule has 0 bridgehead atoms. The summed E-state index contributed by atoms with van der Waals surface area (Å²) in [6, 6.07) is 7.79. The highest BCUT2D eigenvalue weighted by molar-refractivity contribution is 6.30. The number of hydrogen-bond donors (Lipinski definition) is 1. The van der Waals surface area contributed by atoms with Crippen molar-refractivity contribution in [1.82, 2.24) is 15.1 Å². The summed E-state index contributed by atoms with van der Waals surface area (Å²) < 4.78 is 7.53. The van der Waals surface area contributed by atoms with Crippen molar-refractivity contribution in [3.63, 3.8) is 0 Å². The average Bonchev–Trinajstić information content (AvgIpc) is 2.85. The van der Waals surface area contributed by atoms with E-state index in [-0.39, 0.29) is 0 Å². The summed E-state index contributed by atoms with van der Waals surface area (Å²) in [5.41, 5.74) is 4.57. The predicted molar refractivity (Wildman–Crippen MR) is 93.3 cm³/mol. The van der Waals surface area contributed by atoms with Crippen molar-refractivity contribution in [1.29, 1.82) is 0 Å². The lowest BCUT2D eigenvalue weighted by atomic mass is 10.0. The van der Waals surface area contributed by atoms with E-state index >= 15 is 0 Å². The van der Waals surface area contributed by atoms with Gasteiger partial charge in [-0.3, -0.25) is 0 Å². The van der Waals surface area contributed by atoms with Crippen LogP contribution in [0.2, 0.25) is 5.02 Å². The third kappa shape index (κ3) is 3.94. The fourth-order valence-electron chi connectivity index (χ4n) is 3.13. The van der Waals surface area contributed by atoms with Gasteiger partial charge >= 0.3 is 0 Å². The van der Waals surface area contributed by atoms with Crippen LogP contribution in [0.1, 0.15) is 29.8 Å². The number of aromatic nitrogens is 2. The minimum Gasteiger partial charge on any atom is -0.381 e. The quantitative estimate of drug-likeness (QED) is 0.907. The van der Waals surface area contributed by atoms with Gasteiger partial charge in [0.2, 0.25) is 0 Å². The summed E-state index contributed by atoms with van der Waals surface area (Å²) in [5.74, 6) is 0.635. The lowest BCUT2D eigenvalue weighted by Gasteiger charge is -2.22. The monoisotopic (exact) mass is 333 g/mol. The Bertz CT molecular complexity index is 645. The highest BCUT2D eigenvalue weighted by Crippen LogP contribution is 2.20. The first kappa shape index (κ1) is 16.5. The van der Waals surface area contributed by atoms with Crippen LogP contribution in [0.4, 0.5) is 0 Å². The fourth-order valence-corrected chi connectivity index (χ4v) is 3.26. The molecule has 0 radical (unpaired) electrons. The molecule has 23 heavy (non-hydrogen) atoms. The summed E-state index contributed by atoms with van der Waals surface area (Å²) >= 11 is 5.97. The van der Waals surface area contributed by atoms with Crippen molar-refractivity contribution in [3.05, 3.63) is 46.2 Å². The van der Waals surface area contributed by atoms with Crippen LogP contribution in [0, 0.1) is 19.8 Å². The molecule has 4 nitrogen and oxygen atoms in total. The zero-order valence-electron chi connectivity index (χ0n) is 13.8. The van der Waals surface area contributed by atoms with Crippen LogP contribution in [-0.4, -0.2) is 29.5 Å². The van der Waals surface area contributed by atoms with Gasteiger partial charge in [0.1, 0.15) is 0 Å². The van der Waals surface area contributed by atoms with Crippen molar-refractivity contribution >= 4 is 11.6 Å². The molecule has 124 valence electrons. The summed E-state index contributed by atoms with van der Waals surface area (Å²) in [7, 11) is 0. The molecule has 1 N–H and O–H groups in total. The Labute approximate surface area is 142 Å². The molecular weight excluding hydrogens is 310 g/mol. The van der Waals surface area contributed by atoms with E-state index in [1.807, 2.05) is 28.9 Å². The molecule has 2 aromatic rings. The van der Waals surface area contributed by atoms with Gasteiger partial charge in [0, 0.05) is 36.0 Å². The van der Waals surface area contributed by atoms with E-state index in [1.165, 1.54) is 24.1 Å². The second-order valence-electron chi connectivity index (χ2n) is 6.25. The molecule has 3 rings (SSSR count). The number of hydrogen-bond acceptors (Lipinski definition) is 3. The predicted octanol–water partition coefficient (Wildman–Crippen LogP) is 3.66. The molecule has 1 saturated heterocycles. The van der Waals surface area contributed by atoms with Crippen LogP contribution in [0.15, 0.2) is 24.3 Å². The number of ether oxygens (including phenoxy) is 1. The molecule has 1 aliphatic heterocycles. The third-order valence-electron chi connectivity index (χ3n) is 4.50. The van der Waals surface area contributed by atoms with Gasteiger partial charge < -0.3 is 10.1 Å². The molecular formula is C18H24ClN3O.